The van der Waals surface area contributed by atoms with E-state index >= 15 is 0 Å². The number of carbonyl (C=O) groups is 2. The smallest absolute Gasteiger partial charge is 0.339 e. The number of esters is 1. The number of aromatic nitrogens is 1. The molecule has 0 N–H and O–H groups in total. The zero-order valence-electron chi connectivity index (χ0n) is 11.2. The quantitative estimate of drug-likeness (QED) is 0.624. The monoisotopic (exact) mass is 289 g/mol. The normalized spacial score (nSPS) is 10.0. The lowest BCUT2D eigenvalue weighted by Crippen LogP contribution is -2.05. The minimum Gasteiger partial charge on any atom is -0.483 e. The molecular formula is C15H12FNO4. The van der Waals surface area contributed by atoms with E-state index in [2.05, 4.69) is 9.72 Å². The molecule has 1 aromatic carbocycles. The van der Waals surface area contributed by atoms with Gasteiger partial charge in [0.25, 0.3) is 0 Å². The van der Waals surface area contributed by atoms with Crippen molar-refractivity contribution in [1.82, 2.24) is 4.98 Å². The van der Waals surface area contributed by atoms with Crippen molar-refractivity contribution < 1.29 is 23.5 Å². The van der Waals surface area contributed by atoms with Gasteiger partial charge in [0.1, 0.15) is 6.61 Å². The van der Waals surface area contributed by atoms with Crippen molar-refractivity contribution in [3.8, 4) is 5.75 Å². The van der Waals surface area contributed by atoms with E-state index in [1.807, 2.05) is 0 Å². The summed E-state index contributed by atoms with van der Waals surface area (Å²) in [6.45, 7) is -0.0246. The number of aldehydes is 1. The van der Waals surface area contributed by atoms with Gasteiger partial charge in [0, 0.05) is 6.20 Å². The SMILES string of the molecule is COC(=O)c1ccc(COc2c(F)cccc2C=O)nc1. The molecule has 0 saturated heterocycles. The van der Waals surface area contributed by atoms with Gasteiger partial charge in [-0.3, -0.25) is 9.78 Å². The molecule has 0 fully saturated rings. The Bertz CT molecular complexity index is 655. The molecule has 0 amide bonds. The lowest BCUT2D eigenvalue weighted by Gasteiger charge is -2.09. The van der Waals surface area contributed by atoms with Crippen LogP contribution in [0.15, 0.2) is 36.5 Å². The molecule has 1 heterocycles. The Labute approximate surface area is 120 Å². The van der Waals surface area contributed by atoms with Gasteiger partial charge in [0.15, 0.2) is 17.9 Å². The van der Waals surface area contributed by atoms with Crippen molar-refractivity contribution in [2.45, 2.75) is 6.61 Å². The molecular weight excluding hydrogens is 277 g/mol. The highest BCUT2D eigenvalue weighted by Gasteiger charge is 2.10. The topological polar surface area (TPSA) is 65.5 Å². The van der Waals surface area contributed by atoms with Crippen LogP contribution in [0.3, 0.4) is 0 Å². The number of carbonyl (C=O) groups excluding carboxylic acids is 2. The molecule has 5 nitrogen and oxygen atoms in total. The molecule has 0 aliphatic carbocycles. The highest BCUT2D eigenvalue weighted by molar-refractivity contribution is 5.88. The van der Waals surface area contributed by atoms with E-state index in [0.29, 0.717) is 17.5 Å². The summed E-state index contributed by atoms with van der Waals surface area (Å²) < 4.78 is 23.4. The predicted octanol–water partition coefficient (Wildman–Crippen LogP) is 2.40. The van der Waals surface area contributed by atoms with Crippen LogP contribution in [0, 0.1) is 5.82 Å². The van der Waals surface area contributed by atoms with Crippen LogP contribution in [0.25, 0.3) is 0 Å². The second-order valence-electron chi connectivity index (χ2n) is 4.09. The van der Waals surface area contributed by atoms with Gasteiger partial charge in [0.2, 0.25) is 0 Å². The van der Waals surface area contributed by atoms with Gasteiger partial charge in [-0.15, -0.1) is 0 Å². The predicted molar refractivity (Wildman–Crippen MR) is 71.7 cm³/mol. The summed E-state index contributed by atoms with van der Waals surface area (Å²) in [5.41, 5.74) is 0.921. The van der Waals surface area contributed by atoms with Crippen LogP contribution in [0.5, 0.6) is 5.75 Å². The molecule has 108 valence electrons. The Hall–Kier alpha value is -2.76. The van der Waals surface area contributed by atoms with Crippen LogP contribution in [0.1, 0.15) is 26.4 Å². The first-order valence-electron chi connectivity index (χ1n) is 6.05. The Morgan fingerprint density at radius 3 is 2.76 bits per heavy atom. The summed E-state index contributed by atoms with van der Waals surface area (Å²) in [7, 11) is 1.28. The fraction of sp³-hybridized carbons (Fsp3) is 0.133. The highest BCUT2D eigenvalue weighted by Crippen LogP contribution is 2.22. The Morgan fingerprint density at radius 1 is 1.33 bits per heavy atom. The average Bonchev–Trinajstić information content (AvgIpc) is 2.53. The molecule has 2 rings (SSSR count). The van der Waals surface area contributed by atoms with Crippen LogP contribution in [0.2, 0.25) is 0 Å². The van der Waals surface area contributed by atoms with E-state index in [-0.39, 0.29) is 17.9 Å². The van der Waals surface area contributed by atoms with Crippen LogP contribution >= 0.6 is 0 Å². The summed E-state index contributed by atoms with van der Waals surface area (Å²) in [6, 6.07) is 7.18. The third kappa shape index (κ3) is 3.42. The Balaban J connectivity index is 2.10. The Kier molecular flexibility index (Phi) is 4.61. The number of para-hydroxylation sites is 1. The second-order valence-corrected chi connectivity index (χ2v) is 4.09. The first-order chi connectivity index (χ1) is 10.2. The zero-order valence-corrected chi connectivity index (χ0v) is 11.2. The number of methoxy groups -OCH3 is 1. The zero-order chi connectivity index (χ0) is 15.2. The molecule has 0 radical (unpaired) electrons. The molecule has 0 unspecified atom stereocenters. The summed E-state index contributed by atoms with van der Waals surface area (Å²) in [5, 5.41) is 0. The van der Waals surface area contributed by atoms with E-state index in [4.69, 9.17) is 4.74 Å². The number of hydrogen-bond acceptors (Lipinski definition) is 5. The van der Waals surface area contributed by atoms with E-state index in [1.165, 1.54) is 37.6 Å². The van der Waals surface area contributed by atoms with Crippen molar-refractivity contribution in [2.24, 2.45) is 0 Å². The number of halogens is 1. The molecule has 0 aliphatic rings. The van der Waals surface area contributed by atoms with E-state index in [0.717, 1.165) is 0 Å². The van der Waals surface area contributed by atoms with Gasteiger partial charge in [-0.1, -0.05) is 6.07 Å². The number of hydrogen-bond donors (Lipinski definition) is 0. The highest BCUT2D eigenvalue weighted by atomic mass is 19.1. The number of rotatable bonds is 5. The molecule has 0 bridgehead atoms. The van der Waals surface area contributed by atoms with Gasteiger partial charge in [0.05, 0.1) is 23.9 Å². The van der Waals surface area contributed by atoms with Crippen molar-refractivity contribution in [3.05, 3.63) is 59.2 Å². The maximum Gasteiger partial charge on any atom is 0.339 e. The molecule has 0 saturated carbocycles. The standard InChI is InChI=1S/C15H12FNO4/c1-20-15(19)10-5-6-12(17-7-10)9-21-14-11(8-18)3-2-4-13(14)16/h2-8H,9H2,1H3. The molecule has 0 atom stereocenters. The van der Waals surface area contributed by atoms with Gasteiger partial charge in [-0.25, -0.2) is 9.18 Å². The molecule has 0 aliphatic heterocycles. The van der Waals surface area contributed by atoms with E-state index in [9.17, 15) is 14.0 Å². The van der Waals surface area contributed by atoms with Crippen LogP contribution in [-0.4, -0.2) is 24.3 Å². The summed E-state index contributed by atoms with van der Waals surface area (Å²) in [4.78, 5) is 26.1. The van der Waals surface area contributed by atoms with Crippen molar-refractivity contribution in [1.29, 1.82) is 0 Å². The fourth-order valence-electron chi connectivity index (χ4n) is 1.67. The molecule has 0 spiro atoms. The average molecular weight is 289 g/mol. The van der Waals surface area contributed by atoms with Crippen molar-refractivity contribution in [2.75, 3.05) is 7.11 Å². The van der Waals surface area contributed by atoms with Crippen molar-refractivity contribution in [3.63, 3.8) is 0 Å². The Morgan fingerprint density at radius 2 is 2.14 bits per heavy atom. The third-order valence-corrected chi connectivity index (χ3v) is 2.73. The molecule has 1 aromatic heterocycles. The molecule has 2 aromatic rings. The maximum atomic E-state index is 13.6. The summed E-state index contributed by atoms with van der Waals surface area (Å²) in [6.07, 6.45) is 1.86. The molecule has 21 heavy (non-hydrogen) atoms. The maximum absolute atomic E-state index is 13.6. The first-order valence-corrected chi connectivity index (χ1v) is 6.05. The number of ether oxygens (including phenoxy) is 2. The summed E-state index contributed by atoms with van der Waals surface area (Å²) >= 11 is 0. The minimum absolute atomic E-state index is 0.0246. The number of pyridine rings is 1. The lowest BCUT2D eigenvalue weighted by molar-refractivity contribution is 0.0600. The fourth-order valence-corrected chi connectivity index (χ4v) is 1.67. The largest absolute Gasteiger partial charge is 0.483 e. The van der Waals surface area contributed by atoms with Crippen molar-refractivity contribution >= 4 is 12.3 Å². The van der Waals surface area contributed by atoms with Gasteiger partial charge < -0.3 is 9.47 Å². The van der Waals surface area contributed by atoms with E-state index in [1.54, 1.807) is 6.07 Å². The van der Waals surface area contributed by atoms with Gasteiger partial charge in [-0.05, 0) is 24.3 Å². The van der Waals surface area contributed by atoms with Gasteiger partial charge >= 0.3 is 5.97 Å². The molecule has 6 heteroatoms. The van der Waals surface area contributed by atoms with Crippen LogP contribution < -0.4 is 4.74 Å². The third-order valence-electron chi connectivity index (χ3n) is 2.73. The van der Waals surface area contributed by atoms with Crippen LogP contribution in [0.4, 0.5) is 4.39 Å². The first kappa shape index (κ1) is 14.6. The number of nitrogens with zero attached hydrogens (tertiary/aromatic N) is 1. The second kappa shape index (κ2) is 6.60. The minimum atomic E-state index is -0.620. The van der Waals surface area contributed by atoms with Gasteiger partial charge in [-0.2, -0.15) is 0 Å². The van der Waals surface area contributed by atoms with Crippen LogP contribution in [-0.2, 0) is 11.3 Å². The number of benzene rings is 1. The summed E-state index contributed by atoms with van der Waals surface area (Å²) in [5.74, 6) is -1.23. The lowest BCUT2D eigenvalue weighted by atomic mass is 10.2. The van der Waals surface area contributed by atoms with E-state index < -0.39 is 11.8 Å².